The number of nitrogens with zero attached hydrogens (tertiary/aromatic N) is 2. The van der Waals surface area contributed by atoms with Crippen LogP contribution in [0.15, 0.2) is 59.0 Å². The number of hydrogen-bond acceptors (Lipinski definition) is 4. The molecule has 4 rings (SSSR count). The molecule has 1 N–H and O–H groups in total. The lowest BCUT2D eigenvalue weighted by atomic mass is 10.2. The second-order valence-electron chi connectivity index (χ2n) is 5.94. The first-order chi connectivity index (χ1) is 11.7. The van der Waals surface area contributed by atoms with Crippen molar-refractivity contribution >= 4 is 22.6 Å². The van der Waals surface area contributed by atoms with Gasteiger partial charge in [0, 0.05) is 37.3 Å². The first kappa shape index (κ1) is 14.6. The first-order valence-electron chi connectivity index (χ1n) is 8.02. The zero-order chi connectivity index (χ0) is 16.5. The molecule has 0 unspecified atom stereocenters. The van der Waals surface area contributed by atoms with E-state index >= 15 is 0 Å². The van der Waals surface area contributed by atoms with E-state index in [1.807, 2.05) is 47.4 Å². The third-order valence-corrected chi connectivity index (χ3v) is 4.42. The van der Waals surface area contributed by atoms with Crippen LogP contribution in [0.3, 0.4) is 0 Å². The average Bonchev–Trinajstić information content (AvgIpc) is 3.06. The van der Waals surface area contributed by atoms with Crippen LogP contribution in [-0.2, 0) is 0 Å². The van der Waals surface area contributed by atoms with Crippen LogP contribution in [0.5, 0.6) is 5.75 Å². The highest BCUT2D eigenvalue weighted by molar-refractivity contribution is 5.96. The van der Waals surface area contributed by atoms with Crippen LogP contribution >= 0.6 is 0 Å². The molecule has 0 bridgehead atoms. The van der Waals surface area contributed by atoms with Gasteiger partial charge in [-0.15, -0.1) is 0 Å². The second kappa shape index (κ2) is 5.92. The summed E-state index contributed by atoms with van der Waals surface area (Å²) in [5.41, 5.74) is 1.80. The minimum absolute atomic E-state index is 0.0587. The number of piperazine rings is 1. The van der Waals surface area contributed by atoms with Gasteiger partial charge in [0.05, 0.1) is 0 Å². The first-order valence-corrected chi connectivity index (χ1v) is 8.02. The molecule has 2 heterocycles. The molecule has 1 aliphatic rings. The van der Waals surface area contributed by atoms with Gasteiger partial charge in [0.25, 0.3) is 5.91 Å². The maximum absolute atomic E-state index is 12.6. The van der Waals surface area contributed by atoms with E-state index in [0.717, 1.165) is 29.7 Å². The van der Waals surface area contributed by atoms with Gasteiger partial charge >= 0.3 is 0 Å². The van der Waals surface area contributed by atoms with Crippen molar-refractivity contribution in [3.05, 3.63) is 60.4 Å². The summed E-state index contributed by atoms with van der Waals surface area (Å²) in [6.07, 6.45) is 0. The highest BCUT2D eigenvalue weighted by atomic mass is 16.3. The van der Waals surface area contributed by atoms with Crippen molar-refractivity contribution in [2.75, 3.05) is 31.1 Å². The van der Waals surface area contributed by atoms with Gasteiger partial charge in [0.2, 0.25) is 0 Å². The number of carbonyl (C=O) groups excluding carboxylic acids is 1. The summed E-state index contributed by atoms with van der Waals surface area (Å²) in [6, 6.07) is 16.6. The molecule has 2 aromatic carbocycles. The Morgan fingerprint density at radius 2 is 1.67 bits per heavy atom. The fourth-order valence-electron chi connectivity index (χ4n) is 3.07. The van der Waals surface area contributed by atoms with E-state index in [4.69, 9.17) is 4.42 Å². The smallest absolute Gasteiger partial charge is 0.289 e. The van der Waals surface area contributed by atoms with E-state index in [0.29, 0.717) is 18.8 Å². The van der Waals surface area contributed by atoms with Crippen LogP contribution in [0.25, 0.3) is 11.0 Å². The number of phenols is 1. The lowest BCUT2D eigenvalue weighted by Gasteiger charge is -2.35. The number of carbonyl (C=O) groups is 1. The normalized spacial score (nSPS) is 15.0. The molecule has 1 fully saturated rings. The van der Waals surface area contributed by atoms with Crippen LogP contribution in [0.2, 0.25) is 0 Å². The SMILES string of the molecule is O=C(c1cc2ccccc2o1)N1CCN(c2ccc(O)cc2)CC1. The van der Waals surface area contributed by atoms with Gasteiger partial charge in [0.1, 0.15) is 11.3 Å². The predicted molar refractivity (Wildman–Crippen MR) is 92.4 cm³/mol. The number of benzene rings is 2. The molecule has 3 aromatic rings. The monoisotopic (exact) mass is 322 g/mol. The van der Waals surface area contributed by atoms with Gasteiger partial charge in [0.15, 0.2) is 5.76 Å². The van der Waals surface area contributed by atoms with Crippen LogP contribution in [0, 0.1) is 0 Å². The molecule has 0 spiro atoms. The summed E-state index contributed by atoms with van der Waals surface area (Å²) in [7, 11) is 0. The van der Waals surface area contributed by atoms with Gasteiger partial charge in [-0.05, 0) is 36.4 Å². The van der Waals surface area contributed by atoms with Crippen molar-refractivity contribution in [1.29, 1.82) is 0 Å². The summed E-state index contributed by atoms with van der Waals surface area (Å²) in [6.45, 7) is 2.82. The molecule has 24 heavy (non-hydrogen) atoms. The Balaban J connectivity index is 1.45. The van der Waals surface area contributed by atoms with Gasteiger partial charge in [-0.2, -0.15) is 0 Å². The molecule has 122 valence electrons. The number of phenolic OH excluding ortho intramolecular Hbond substituents is 1. The fraction of sp³-hybridized carbons (Fsp3) is 0.211. The van der Waals surface area contributed by atoms with E-state index in [9.17, 15) is 9.90 Å². The molecule has 5 nitrogen and oxygen atoms in total. The van der Waals surface area contributed by atoms with E-state index in [-0.39, 0.29) is 11.7 Å². The Morgan fingerprint density at radius 1 is 0.958 bits per heavy atom. The molecular formula is C19H18N2O3. The maximum Gasteiger partial charge on any atom is 0.289 e. The van der Waals surface area contributed by atoms with Crippen LogP contribution < -0.4 is 4.90 Å². The molecule has 0 radical (unpaired) electrons. The highest BCUT2D eigenvalue weighted by Crippen LogP contribution is 2.22. The Morgan fingerprint density at radius 3 is 2.38 bits per heavy atom. The maximum atomic E-state index is 12.6. The van der Waals surface area contributed by atoms with E-state index in [1.165, 1.54) is 0 Å². The molecule has 0 aliphatic carbocycles. The second-order valence-corrected chi connectivity index (χ2v) is 5.94. The van der Waals surface area contributed by atoms with E-state index in [2.05, 4.69) is 4.90 Å². The number of amides is 1. The van der Waals surface area contributed by atoms with Crippen LogP contribution in [0.1, 0.15) is 10.6 Å². The predicted octanol–water partition coefficient (Wildman–Crippen LogP) is 3.10. The molecule has 0 saturated carbocycles. The van der Waals surface area contributed by atoms with E-state index in [1.54, 1.807) is 12.1 Å². The summed E-state index contributed by atoms with van der Waals surface area (Å²) in [4.78, 5) is 16.7. The number of para-hydroxylation sites is 1. The Hall–Kier alpha value is -2.95. The molecule has 1 saturated heterocycles. The Kier molecular flexibility index (Phi) is 3.61. The fourth-order valence-corrected chi connectivity index (χ4v) is 3.07. The third-order valence-electron chi connectivity index (χ3n) is 4.42. The molecular weight excluding hydrogens is 304 g/mol. The summed E-state index contributed by atoms with van der Waals surface area (Å²) in [5.74, 6) is 0.600. The van der Waals surface area contributed by atoms with Crippen molar-refractivity contribution in [2.24, 2.45) is 0 Å². The highest BCUT2D eigenvalue weighted by Gasteiger charge is 2.24. The number of rotatable bonds is 2. The topological polar surface area (TPSA) is 56.9 Å². The summed E-state index contributed by atoms with van der Waals surface area (Å²) >= 11 is 0. The minimum Gasteiger partial charge on any atom is -0.508 e. The quantitative estimate of drug-likeness (QED) is 0.788. The molecule has 1 amide bonds. The Labute approximate surface area is 139 Å². The minimum atomic E-state index is -0.0587. The Bertz CT molecular complexity index is 829. The number of fused-ring (bicyclic) bond motifs is 1. The average molecular weight is 322 g/mol. The standard InChI is InChI=1S/C19H18N2O3/c22-16-7-5-15(6-8-16)20-9-11-21(12-10-20)19(23)18-13-14-3-1-2-4-17(14)24-18/h1-8,13,22H,9-12H2. The van der Waals surface area contributed by atoms with Gasteiger partial charge < -0.3 is 19.3 Å². The lowest BCUT2D eigenvalue weighted by Crippen LogP contribution is -2.48. The number of hydrogen-bond donors (Lipinski definition) is 1. The largest absolute Gasteiger partial charge is 0.508 e. The van der Waals surface area contributed by atoms with Crippen LogP contribution in [-0.4, -0.2) is 42.1 Å². The van der Waals surface area contributed by atoms with Crippen molar-refractivity contribution in [3.8, 4) is 5.75 Å². The molecule has 1 aromatic heterocycles. The van der Waals surface area contributed by atoms with Crippen molar-refractivity contribution in [3.63, 3.8) is 0 Å². The van der Waals surface area contributed by atoms with Crippen molar-refractivity contribution in [1.82, 2.24) is 4.90 Å². The van der Waals surface area contributed by atoms with Gasteiger partial charge in [-0.1, -0.05) is 18.2 Å². The molecule has 1 aliphatic heterocycles. The zero-order valence-corrected chi connectivity index (χ0v) is 13.2. The molecule has 0 atom stereocenters. The van der Waals surface area contributed by atoms with Gasteiger partial charge in [-0.3, -0.25) is 4.79 Å². The van der Waals surface area contributed by atoms with Gasteiger partial charge in [-0.25, -0.2) is 0 Å². The number of anilines is 1. The zero-order valence-electron chi connectivity index (χ0n) is 13.2. The summed E-state index contributed by atoms with van der Waals surface area (Å²) in [5, 5.41) is 10.3. The number of furan rings is 1. The number of aromatic hydroxyl groups is 1. The summed E-state index contributed by atoms with van der Waals surface area (Å²) < 4.78 is 5.68. The molecule has 5 heteroatoms. The van der Waals surface area contributed by atoms with Crippen molar-refractivity contribution in [2.45, 2.75) is 0 Å². The third kappa shape index (κ3) is 2.69. The van der Waals surface area contributed by atoms with Crippen LogP contribution in [0.4, 0.5) is 5.69 Å². The lowest BCUT2D eigenvalue weighted by molar-refractivity contribution is 0.0717. The van der Waals surface area contributed by atoms with Crippen molar-refractivity contribution < 1.29 is 14.3 Å². The van der Waals surface area contributed by atoms with E-state index < -0.39 is 0 Å².